The second kappa shape index (κ2) is 9.82. The Hall–Kier alpha value is -3.81. The zero-order valence-electron chi connectivity index (χ0n) is 20.6. The van der Waals surface area contributed by atoms with Crippen LogP contribution >= 0.6 is 0 Å². The maximum Gasteiger partial charge on any atom is 0.409 e. The van der Waals surface area contributed by atoms with Crippen molar-refractivity contribution in [3.8, 4) is 16.9 Å². The first-order chi connectivity index (χ1) is 18.0. The van der Waals surface area contributed by atoms with Crippen molar-refractivity contribution in [3.05, 3.63) is 71.8 Å². The van der Waals surface area contributed by atoms with Gasteiger partial charge < -0.3 is 23.3 Å². The lowest BCUT2D eigenvalue weighted by atomic mass is 10.0. The molecule has 1 aliphatic heterocycles. The molecule has 1 unspecified atom stereocenters. The van der Waals surface area contributed by atoms with Crippen molar-refractivity contribution in [1.29, 1.82) is 0 Å². The van der Waals surface area contributed by atoms with Gasteiger partial charge in [-0.25, -0.2) is 32.1 Å². The van der Waals surface area contributed by atoms with Gasteiger partial charge in [0.1, 0.15) is 17.3 Å². The molecule has 200 valence electrons. The van der Waals surface area contributed by atoms with Crippen molar-refractivity contribution in [3.63, 3.8) is 0 Å². The number of morpholine rings is 1. The molecule has 1 aliphatic rings. The molecule has 5 rings (SSSR count). The molecule has 38 heavy (non-hydrogen) atoms. The van der Waals surface area contributed by atoms with Gasteiger partial charge >= 0.3 is 6.09 Å². The van der Waals surface area contributed by atoms with Gasteiger partial charge in [-0.15, -0.1) is 0 Å². The maximum atomic E-state index is 15.6. The monoisotopic (exact) mass is 545 g/mol. The quantitative estimate of drug-likeness (QED) is 0.412. The summed E-state index contributed by atoms with van der Waals surface area (Å²) in [4.78, 5) is 17.9. The van der Waals surface area contributed by atoms with E-state index in [1.54, 1.807) is 16.7 Å². The lowest BCUT2D eigenvalue weighted by molar-refractivity contribution is -0.0241. The topological polar surface area (TPSA) is 121 Å². The molecule has 4 heterocycles. The van der Waals surface area contributed by atoms with Crippen LogP contribution in [0.4, 0.5) is 13.6 Å². The lowest BCUT2D eigenvalue weighted by Gasteiger charge is -2.32. The molecule has 1 saturated heterocycles. The third kappa shape index (κ3) is 4.87. The number of methoxy groups -OCH3 is 1. The van der Waals surface area contributed by atoms with Crippen molar-refractivity contribution in [2.75, 3.05) is 26.8 Å². The van der Waals surface area contributed by atoms with Gasteiger partial charge in [-0.3, -0.25) is 0 Å². The van der Waals surface area contributed by atoms with Crippen LogP contribution in [0.5, 0.6) is 0 Å². The first-order valence-corrected chi connectivity index (χ1v) is 13.2. The molecule has 4 aromatic rings. The number of sulfonamides is 1. The minimum atomic E-state index is -3.98. The van der Waals surface area contributed by atoms with Crippen LogP contribution in [0.2, 0.25) is 0 Å². The van der Waals surface area contributed by atoms with Crippen LogP contribution in [0.15, 0.2) is 53.8 Å². The molecule has 13 heteroatoms. The van der Waals surface area contributed by atoms with E-state index < -0.39 is 33.9 Å². The van der Waals surface area contributed by atoms with Crippen LogP contribution in [0.25, 0.3) is 22.6 Å². The molecule has 1 fully saturated rings. The number of imidazole rings is 1. The molecular weight excluding hydrogens is 520 g/mol. The summed E-state index contributed by atoms with van der Waals surface area (Å²) in [6.07, 6.45) is 3.59. The van der Waals surface area contributed by atoms with Crippen LogP contribution in [0.3, 0.4) is 0 Å². The average molecular weight is 546 g/mol. The third-order valence-electron chi connectivity index (χ3n) is 6.43. The smallest absolute Gasteiger partial charge is 0.409 e. The fraction of sp³-hybridized carbons (Fsp3) is 0.280. The maximum absolute atomic E-state index is 15.6. The summed E-state index contributed by atoms with van der Waals surface area (Å²) in [7, 11) is -2.67. The highest BCUT2D eigenvalue weighted by Crippen LogP contribution is 2.33. The fourth-order valence-electron chi connectivity index (χ4n) is 4.59. The fourth-order valence-corrected chi connectivity index (χ4v) is 5.10. The summed E-state index contributed by atoms with van der Waals surface area (Å²) in [6.45, 7) is 2.80. The van der Waals surface area contributed by atoms with E-state index in [1.165, 1.54) is 35.0 Å². The Kier molecular flexibility index (Phi) is 6.67. The van der Waals surface area contributed by atoms with Crippen molar-refractivity contribution in [2.45, 2.75) is 24.3 Å². The van der Waals surface area contributed by atoms with Gasteiger partial charge in [0.2, 0.25) is 10.0 Å². The number of pyridine rings is 1. The van der Waals surface area contributed by atoms with E-state index in [0.29, 0.717) is 24.5 Å². The predicted molar refractivity (Wildman–Crippen MR) is 133 cm³/mol. The number of fused-ring (bicyclic) bond motifs is 1. The highest BCUT2D eigenvalue weighted by molar-refractivity contribution is 7.89. The van der Waals surface area contributed by atoms with E-state index in [4.69, 9.17) is 14.6 Å². The largest absolute Gasteiger partial charge is 0.453 e. The van der Waals surface area contributed by atoms with Crippen LogP contribution in [-0.4, -0.2) is 66.3 Å². The normalized spacial score (nSPS) is 16.2. The number of nitrogens with two attached hydrogens (primary N) is 1. The Labute approximate surface area is 217 Å². The molecule has 0 radical (unpaired) electrons. The number of carbonyl (C=O) groups excluding carboxylic acids is 1. The minimum absolute atomic E-state index is 0.0733. The second-order valence-corrected chi connectivity index (χ2v) is 10.6. The Bertz CT molecular complexity index is 1630. The molecule has 0 aliphatic carbocycles. The van der Waals surface area contributed by atoms with Crippen molar-refractivity contribution >= 4 is 21.8 Å². The highest BCUT2D eigenvalue weighted by atomic mass is 32.2. The number of primary sulfonamides is 1. The molecule has 0 saturated carbocycles. The molecule has 0 spiro atoms. The van der Waals surface area contributed by atoms with E-state index in [1.807, 2.05) is 13.0 Å². The number of aromatic nitrogens is 3. The minimum Gasteiger partial charge on any atom is -0.453 e. The number of hydrogen-bond acceptors (Lipinski definition) is 6. The first kappa shape index (κ1) is 25.8. The van der Waals surface area contributed by atoms with Gasteiger partial charge in [0, 0.05) is 31.6 Å². The summed E-state index contributed by atoms with van der Waals surface area (Å²) in [5, 5.41) is 5.14. The number of amides is 1. The van der Waals surface area contributed by atoms with E-state index >= 15 is 8.78 Å². The van der Waals surface area contributed by atoms with Gasteiger partial charge in [0.25, 0.3) is 0 Å². The van der Waals surface area contributed by atoms with Gasteiger partial charge in [0.05, 0.1) is 53.9 Å². The van der Waals surface area contributed by atoms with Gasteiger partial charge in [-0.1, -0.05) is 0 Å². The summed E-state index contributed by atoms with van der Waals surface area (Å²) in [5.74, 6) is -1.76. The molecule has 10 nitrogen and oxygen atoms in total. The first-order valence-electron chi connectivity index (χ1n) is 11.7. The Morgan fingerprint density at radius 1 is 1.21 bits per heavy atom. The van der Waals surface area contributed by atoms with Gasteiger partial charge in [0.15, 0.2) is 0 Å². The Morgan fingerprint density at radius 3 is 2.61 bits per heavy atom. The van der Waals surface area contributed by atoms with Crippen molar-refractivity contribution in [1.82, 2.24) is 18.9 Å². The lowest BCUT2D eigenvalue weighted by Crippen LogP contribution is -2.46. The Morgan fingerprint density at radius 2 is 1.95 bits per heavy atom. The summed E-state index contributed by atoms with van der Waals surface area (Å²) in [5.41, 5.74) is 1.78. The summed E-state index contributed by atoms with van der Waals surface area (Å²) >= 11 is 0. The zero-order chi connectivity index (χ0) is 27.2. The number of benzene rings is 1. The molecule has 1 aromatic carbocycles. The van der Waals surface area contributed by atoms with Crippen LogP contribution in [-0.2, 0) is 25.9 Å². The summed E-state index contributed by atoms with van der Waals surface area (Å²) in [6, 6.07) is 7.09. The van der Waals surface area contributed by atoms with E-state index in [0.717, 1.165) is 17.7 Å². The van der Waals surface area contributed by atoms with Crippen LogP contribution in [0, 0.1) is 18.6 Å². The number of halogens is 2. The SMILES string of the molecule is COC(=O)N1CCOC(Cc2c(-c3c(F)cc(-n4ccc(S(N)(=O)=O)c4)cc3F)nc3cc(C)ccn23)C1. The molecule has 1 amide bonds. The van der Waals surface area contributed by atoms with Gasteiger partial charge in [-0.05, 0) is 42.8 Å². The zero-order valence-corrected chi connectivity index (χ0v) is 21.4. The van der Waals surface area contributed by atoms with E-state index in [2.05, 4.69) is 4.98 Å². The third-order valence-corrected chi connectivity index (χ3v) is 7.33. The number of hydrogen-bond donors (Lipinski definition) is 1. The highest BCUT2D eigenvalue weighted by Gasteiger charge is 2.29. The van der Waals surface area contributed by atoms with Crippen molar-refractivity contribution in [2.24, 2.45) is 5.14 Å². The standard InChI is InChI=1S/C25H25F2N5O5S/c1-15-3-6-32-21(12-17-13-31(7-8-37-17)25(33)36-2)24(29-22(32)9-15)23-19(26)10-16(11-20(23)27)30-5-4-18(14-30)38(28,34)35/h3-6,9-11,14,17H,7-8,12-13H2,1-2H3,(H2,28,34,35). The van der Waals surface area contributed by atoms with Gasteiger partial charge in [-0.2, -0.15) is 0 Å². The predicted octanol–water partition coefficient (Wildman–Crippen LogP) is 3.04. The second-order valence-electron chi connectivity index (χ2n) is 9.04. The summed E-state index contributed by atoms with van der Waals surface area (Å²) < 4.78 is 68.0. The molecule has 0 bridgehead atoms. The molecule has 1 atom stereocenters. The number of carbonyl (C=O) groups is 1. The van der Waals surface area contributed by atoms with E-state index in [9.17, 15) is 13.2 Å². The molecule has 3 aromatic heterocycles. The van der Waals surface area contributed by atoms with Crippen molar-refractivity contribution < 1.29 is 31.5 Å². The molecule has 2 N–H and O–H groups in total. The number of ether oxygens (including phenoxy) is 2. The molecular formula is C25H25F2N5O5S. The van der Waals surface area contributed by atoms with E-state index in [-0.39, 0.29) is 34.8 Å². The average Bonchev–Trinajstić information content (AvgIpc) is 3.49. The number of rotatable bonds is 5. The number of nitrogens with zero attached hydrogens (tertiary/aromatic N) is 4. The van der Waals surface area contributed by atoms with Crippen LogP contribution in [0.1, 0.15) is 11.3 Å². The van der Waals surface area contributed by atoms with Crippen LogP contribution < -0.4 is 5.14 Å². The Balaban J connectivity index is 1.57. The number of aryl methyl sites for hydroxylation is 1.